The molecule has 0 bridgehead atoms. The van der Waals surface area contributed by atoms with Gasteiger partial charge in [-0.1, -0.05) is 62.8 Å². The summed E-state index contributed by atoms with van der Waals surface area (Å²) in [5.74, 6) is 0.255. The minimum absolute atomic E-state index is 0.0190. The molecular formula is C31H45N5O5. The van der Waals surface area contributed by atoms with Crippen molar-refractivity contribution in [3.8, 4) is 0 Å². The summed E-state index contributed by atoms with van der Waals surface area (Å²) < 4.78 is 0. The zero-order valence-corrected chi connectivity index (χ0v) is 25.4. The predicted octanol–water partition coefficient (Wildman–Crippen LogP) is 4.48. The van der Waals surface area contributed by atoms with Crippen LogP contribution in [0.15, 0.2) is 75.2 Å². The Bertz CT molecular complexity index is 1260. The summed E-state index contributed by atoms with van der Waals surface area (Å²) in [7, 11) is 3.46. The molecule has 3 N–H and O–H groups in total. The van der Waals surface area contributed by atoms with Gasteiger partial charge < -0.3 is 30.4 Å². The molecule has 2 aromatic carbocycles. The second kappa shape index (κ2) is 18.1. The number of carbonyl (C=O) groups is 2. The Balaban J connectivity index is 0.000000439. The highest BCUT2D eigenvalue weighted by molar-refractivity contribution is 5.75. The molecular weight excluding hydrogens is 522 g/mol. The van der Waals surface area contributed by atoms with Crippen LogP contribution in [0, 0.1) is 0 Å². The first-order valence-electron chi connectivity index (χ1n) is 13.7. The fourth-order valence-corrected chi connectivity index (χ4v) is 3.46. The van der Waals surface area contributed by atoms with E-state index in [1.54, 1.807) is 67.8 Å². The fourth-order valence-electron chi connectivity index (χ4n) is 3.46. The zero-order chi connectivity index (χ0) is 30.9. The van der Waals surface area contributed by atoms with Crippen molar-refractivity contribution in [2.24, 2.45) is 0 Å². The maximum atomic E-state index is 11.8. The number of anilines is 2. The second-order valence-corrected chi connectivity index (χ2v) is 9.86. The molecule has 0 aliphatic carbocycles. The average Bonchev–Trinajstić information content (AvgIpc) is 2.97. The number of rotatable bonds is 8. The molecule has 3 amide bonds. The first-order chi connectivity index (χ1) is 19.5. The molecule has 0 unspecified atom stereocenters. The van der Waals surface area contributed by atoms with Gasteiger partial charge in [-0.25, -0.2) is 4.79 Å². The molecule has 0 saturated carbocycles. The van der Waals surface area contributed by atoms with Crippen molar-refractivity contribution < 1.29 is 14.7 Å². The smallest absolute Gasteiger partial charge is 0.319 e. The van der Waals surface area contributed by atoms with Crippen LogP contribution in [0.25, 0.3) is 0 Å². The summed E-state index contributed by atoms with van der Waals surface area (Å²) in [6.45, 7) is 12.5. The summed E-state index contributed by atoms with van der Waals surface area (Å²) in [4.78, 5) is 50.4. The molecule has 1 aliphatic heterocycles. The van der Waals surface area contributed by atoms with Crippen LogP contribution in [0.2, 0.25) is 0 Å². The molecule has 10 heteroatoms. The molecule has 0 radical (unpaired) electrons. The summed E-state index contributed by atoms with van der Waals surface area (Å²) in [6.07, 6.45) is 7.37. The topological polar surface area (TPSA) is 122 Å². The van der Waals surface area contributed by atoms with Crippen LogP contribution in [-0.4, -0.2) is 72.5 Å². The van der Waals surface area contributed by atoms with E-state index in [0.29, 0.717) is 38.4 Å². The highest BCUT2D eigenvalue weighted by atomic mass is 16.3. The van der Waals surface area contributed by atoms with E-state index in [0.717, 1.165) is 23.2 Å². The Morgan fingerprint density at radius 2 is 1.54 bits per heavy atom. The Labute approximate surface area is 243 Å². The van der Waals surface area contributed by atoms with Crippen LogP contribution in [0.4, 0.5) is 16.2 Å². The zero-order valence-electron chi connectivity index (χ0n) is 25.4. The summed E-state index contributed by atoms with van der Waals surface area (Å²) >= 11 is 0. The number of aliphatic hydroxyl groups excluding tert-OH is 1. The Morgan fingerprint density at radius 3 is 2.05 bits per heavy atom. The summed E-state index contributed by atoms with van der Waals surface area (Å²) in [5, 5.41) is 15.3. The van der Waals surface area contributed by atoms with Gasteiger partial charge in [0.1, 0.15) is 11.4 Å². The van der Waals surface area contributed by atoms with Crippen LogP contribution >= 0.6 is 0 Å². The lowest BCUT2D eigenvalue weighted by Gasteiger charge is -2.33. The van der Waals surface area contributed by atoms with Gasteiger partial charge in [-0.05, 0) is 38.0 Å². The molecule has 1 fully saturated rings. The largest absolute Gasteiger partial charge is 0.512 e. The monoisotopic (exact) mass is 567 g/mol. The summed E-state index contributed by atoms with van der Waals surface area (Å²) in [5.41, 5.74) is 2.07. The number of allylic oxidation sites excluding steroid dienone is 6. The van der Waals surface area contributed by atoms with Gasteiger partial charge in [0, 0.05) is 52.5 Å². The van der Waals surface area contributed by atoms with Crippen molar-refractivity contribution >= 4 is 23.8 Å². The van der Waals surface area contributed by atoms with E-state index in [4.69, 9.17) is 0 Å². The van der Waals surface area contributed by atoms with Crippen molar-refractivity contribution in [1.82, 2.24) is 14.7 Å². The number of benzene rings is 1. The van der Waals surface area contributed by atoms with Gasteiger partial charge in [0.05, 0.1) is 5.76 Å². The number of amides is 3. The van der Waals surface area contributed by atoms with E-state index in [9.17, 15) is 24.3 Å². The number of hydrogen-bond donors (Lipinski definition) is 3. The van der Waals surface area contributed by atoms with E-state index in [-0.39, 0.29) is 17.5 Å². The van der Waals surface area contributed by atoms with Crippen molar-refractivity contribution in [2.45, 2.75) is 47.6 Å². The Kier molecular flexibility index (Phi) is 15.3. The van der Waals surface area contributed by atoms with Crippen LogP contribution in [0.5, 0.6) is 0 Å². The maximum absolute atomic E-state index is 11.8. The number of piperazine rings is 1. The molecule has 3 rings (SSSR count). The highest BCUT2D eigenvalue weighted by Crippen LogP contribution is 2.17. The Hall–Kier alpha value is -4.34. The lowest BCUT2D eigenvalue weighted by Crippen LogP contribution is -2.50. The van der Waals surface area contributed by atoms with Crippen LogP contribution < -0.4 is 21.5 Å². The highest BCUT2D eigenvalue weighted by Gasteiger charge is 2.21. The molecule has 41 heavy (non-hydrogen) atoms. The molecule has 2 aromatic rings. The van der Waals surface area contributed by atoms with Crippen molar-refractivity contribution in [2.75, 3.05) is 50.9 Å². The molecule has 1 aliphatic rings. The Morgan fingerprint density at radius 1 is 0.976 bits per heavy atom. The fraction of sp³-hybridized carbons (Fsp3) is 0.419. The standard InChI is InChI=1S/C20H22N2O3.C8H15N3O2.C3H8/c1-13(15(3)23)8-7-9-14(2)22-18-17(19(24)20(18)25)21-12-16-10-5-4-6-11-16;1-9(2)8(13)11-5-3-10(7-12)4-6-11;1-3-2/h4-11,21-23H,12H2,1-3H3;7H,3-6H2,1-2H3;3H2,1-2H3/b8-7-,14-9+,15-13+;;. The van der Waals surface area contributed by atoms with E-state index in [2.05, 4.69) is 24.5 Å². The lowest BCUT2D eigenvalue weighted by molar-refractivity contribution is -0.119. The summed E-state index contributed by atoms with van der Waals surface area (Å²) in [6, 6.07) is 9.67. The third kappa shape index (κ3) is 11.7. The number of urea groups is 1. The van der Waals surface area contributed by atoms with Crippen LogP contribution in [0.1, 0.15) is 46.6 Å². The average molecular weight is 568 g/mol. The quantitative estimate of drug-likeness (QED) is 0.186. The van der Waals surface area contributed by atoms with E-state index < -0.39 is 10.9 Å². The molecule has 1 saturated heterocycles. The number of nitrogens with zero attached hydrogens (tertiary/aromatic N) is 3. The molecule has 1 heterocycles. The number of carbonyl (C=O) groups excluding carboxylic acids is 2. The van der Waals surface area contributed by atoms with E-state index in [1.165, 1.54) is 6.42 Å². The van der Waals surface area contributed by atoms with Gasteiger partial charge in [0.2, 0.25) is 6.41 Å². The number of hydrogen-bond acceptors (Lipinski definition) is 7. The minimum Gasteiger partial charge on any atom is -0.512 e. The van der Waals surface area contributed by atoms with Gasteiger partial charge >= 0.3 is 6.03 Å². The van der Waals surface area contributed by atoms with E-state index >= 15 is 0 Å². The van der Waals surface area contributed by atoms with Gasteiger partial charge in [-0.3, -0.25) is 14.4 Å². The van der Waals surface area contributed by atoms with E-state index in [1.807, 2.05) is 30.3 Å². The number of nitrogens with one attached hydrogen (secondary N) is 2. The predicted molar refractivity (Wildman–Crippen MR) is 167 cm³/mol. The lowest BCUT2D eigenvalue weighted by atomic mass is 10.1. The second-order valence-electron chi connectivity index (χ2n) is 9.86. The molecule has 10 nitrogen and oxygen atoms in total. The maximum Gasteiger partial charge on any atom is 0.319 e. The first kappa shape index (κ1) is 34.7. The molecule has 0 atom stereocenters. The van der Waals surface area contributed by atoms with Gasteiger partial charge in [0.15, 0.2) is 0 Å². The third-order valence-corrected chi connectivity index (χ3v) is 5.92. The van der Waals surface area contributed by atoms with Crippen molar-refractivity contribution in [1.29, 1.82) is 0 Å². The molecule has 0 spiro atoms. The van der Waals surface area contributed by atoms with Crippen LogP contribution in [0.3, 0.4) is 0 Å². The minimum atomic E-state index is -0.519. The van der Waals surface area contributed by atoms with Gasteiger partial charge in [-0.15, -0.1) is 0 Å². The molecule has 224 valence electrons. The molecule has 0 aromatic heterocycles. The van der Waals surface area contributed by atoms with Crippen molar-refractivity contribution in [3.05, 3.63) is 91.6 Å². The van der Waals surface area contributed by atoms with Gasteiger partial charge in [0.25, 0.3) is 10.9 Å². The van der Waals surface area contributed by atoms with Gasteiger partial charge in [-0.2, -0.15) is 0 Å². The third-order valence-electron chi connectivity index (χ3n) is 5.92. The first-order valence-corrected chi connectivity index (χ1v) is 13.7. The normalized spacial score (nSPS) is 13.9. The SMILES string of the molecule is CCC.CN(C)C(=O)N1CCN(C=O)CC1.C\C(=C/C=C\C(C)=C(/C)O)Nc1c(NCc2ccccc2)c(=O)c1=O. The van der Waals surface area contributed by atoms with Crippen molar-refractivity contribution in [3.63, 3.8) is 0 Å². The van der Waals surface area contributed by atoms with Crippen LogP contribution in [-0.2, 0) is 11.3 Å². The number of aliphatic hydroxyl groups is 1.